The molecule has 38 heavy (non-hydrogen) atoms. The van der Waals surface area contributed by atoms with Crippen LogP contribution in [0, 0.1) is 5.98 Å². The average Bonchev–Trinajstić information content (AvgIpc) is 2.98. The second kappa shape index (κ2) is 20.8. The summed E-state index contributed by atoms with van der Waals surface area (Å²) >= 11 is 0. The average molecular weight is 522 g/mol. The Morgan fingerprint density at radius 1 is 0.632 bits per heavy atom. The van der Waals surface area contributed by atoms with Gasteiger partial charge in [-0.3, -0.25) is 0 Å². The van der Waals surface area contributed by atoms with Gasteiger partial charge in [-0.1, -0.05) is 147 Å². The molecule has 2 aliphatic carbocycles. The van der Waals surface area contributed by atoms with Gasteiger partial charge in [-0.25, -0.2) is 6.08 Å². The molecule has 0 bridgehead atoms. The smallest absolute Gasteiger partial charge is 0.0786 e. The highest BCUT2D eigenvalue weighted by molar-refractivity contribution is 6.65. The zero-order chi connectivity index (χ0) is 27.3. The Balaban J connectivity index is 0.000000275. The third-order valence-corrected chi connectivity index (χ3v) is 9.50. The summed E-state index contributed by atoms with van der Waals surface area (Å²) < 4.78 is 1.42. The van der Waals surface area contributed by atoms with Crippen molar-refractivity contribution in [3.8, 4) is 0 Å². The number of quaternary nitrogens is 1. The van der Waals surface area contributed by atoms with E-state index in [4.69, 9.17) is 0 Å². The van der Waals surface area contributed by atoms with Crippen LogP contribution in [0.5, 0.6) is 0 Å². The van der Waals surface area contributed by atoms with Crippen LogP contribution in [0.2, 0.25) is 11.6 Å². The fourth-order valence-electron chi connectivity index (χ4n) is 7.03. The number of hydrogen-bond acceptors (Lipinski definition) is 0. The molecule has 1 aromatic carbocycles. The Kier molecular flexibility index (Phi) is 18.2. The summed E-state index contributed by atoms with van der Waals surface area (Å²) in [5.41, 5.74) is 1.31. The Morgan fingerprint density at radius 3 is 1.39 bits per heavy atom. The van der Waals surface area contributed by atoms with Gasteiger partial charge in [-0.15, -0.1) is 12.1 Å². The first kappa shape index (κ1) is 33.2. The van der Waals surface area contributed by atoms with Crippen LogP contribution >= 0.6 is 0 Å². The highest BCUT2D eigenvalue weighted by atomic mass is 15.3. The van der Waals surface area contributed by atoms with E-state index in [2.05, 4.69) is 70.1 Å². The summed E-state index contributed by atoms with van der Waals surface area (Å²) in [6, 6.07) is 10.8. The van der Waals surface area contributed by atoms with Gasteiger partial charge >= 0.3 is 0 Å². The van der Waals surface area contributed by atoms with Gasteiger partial charge in [0.05, 0.1) is 32.9 Å². The summed E-state index contributed by atoms with van der Waals surface area (Å²) in [5.74, 6) is 5.66. The van der Waals surface area contributed by atoms with E-state index in [-0.39, 0.29) is 0 Å². The van der Waals surface area contributed by atoms with E-state index in [1.165, 1.54) is 152 Å². The normalized spacial score (nSPS) is 17.4. The minimum absolute atomic E-state index is 0.714. The van der Waals surface area contributed by atoms with Crippen molar-refractivity contribution >= 4 is 12.8 Å². The zero-order valence-corrected chi connectivity index (χ0v) is 26.2. The molecule has 0 unspecified atom stereocenters. The number of nitrogens with zero attached hydrogens (tertiary/aromatic N) is 1. The van der Waals surface area contributed by atoms with E-state index in [1.807, 2.05) is 0 Å². The summed E-state index contributed by atoms with van der Waals surface area (Å²) in [6.07, 6.45) is 27.8. The highest BCUT2D eigenvalue weighted by Gasteiger charge is 2.28. The largest absolute Gasteiger partial charge is 0.324 e. The SMILES string of the molecule is CCCC[N+](CCCC)(CCCC)CCCC.[C-](=Cc1ccccc1)B(C1CCCCC1)C1CCCCC1. The van der Waals surface area contributed by atoms with Crippen molar-refractivity contribution in [2.24, 2.45) is 0 Å². The van der Waals surface area contributed by atoms with Gasteiger partial charge in [0.2, 0.25) is 0 Å². The Bertz CT molecular complexity index is 631. The van der Waals surface area contributed by atoms with Gasteiger partial charge in [0.25, 0.3) is 0 Å². The lowest BCUT2D eigenvalue weighted by Crippen LogP contribution is -2.50. The van der Waals surface area contributed by atoms with Crippen LogP contribution in [0.3, 0.4) is 0 Å². The van der Waals surface area contributed by atoms with Crippen LogP contribution in [0.1, 0.15) is 149 Å². The molecule has 2 heteroatoms. The number of hydrogen-bond donors (Lipinski definition) is 0. The molecular formula is C36H64BN. The first-order valence-corrected chi connectivity index (χ1v) is 17.2. The number of benzene rings is 1. The second-order valence-electron chi connectivity index (χ2n) is 12.7. The Labute approximate surface area is 239 Å². The lowest BCUT2D eigenvalue weighted by molar-refractivity contribution is -0.929. The van der Waals surface area contributed by atoms with Crippen molar-refractivity contribution in [2.45, 2.75) is 155 Å². The van der Waals surface area contributed by atoms with Crippen molar-refractivity contribution in [2.75, 3.05) is 26.2 Å². The molecule has 2 fully saturated rings. The van der Waals surface area contributed by atoms with Crippen LogP contribution in [-0.2, 0) is 0 Å². The second-order valence-corrected chi connectivity index (χ2v) is 12.7. The molecule has 0 aromatic heterocycles. The molecule has 1 nitrogen and oxygen atoms in total. The summed E-state index contributed by atoms with van der Waals surface area (Å²) in [5, 5.41) is 0. The van der Waals surface area contributed by atoms with Crippen LogP contribution in [0.4, 0.5) is 0 Å². The summed E-state index contributed by atoms with van der Waals surface area (Å²) in [4.78, 5) is 0. The maximum absolute atomic E-state index is 3.85. The molecule has 0 aliphatic heterocycles. The van der Waals surface area contributed by atoms with Gasteiger partial charge in [0.15, 0.2) is 0 Å². The molecule has 3 rings (SSSR count). The van der Waals surface area contributed by atoms with Gasteiger partial charge < -0.3 is 10.5 Å². The van der Waals surface area contributed by atoms with Crippen LogP contribution in [-0.4, -0.2) is 37.4 Å². The molecule has 0 N–H and O–H groups in total. The van der Waals surface area contributed by atoms with E-state index < -0.39 is 0 Å². The fraction of sp³-hybridized carbons (Fsp3) is 0.778. The van der Waals surface area contributed by atoms with Crippen LogP contribution in [0.15, 0.2) is 30.3 Å². The number of unbranched alkanes of at least 4 members (excludes halogenated alkanes) is 4. The molecule has 0 saturated heterocycles. The van der Waals surface area contributed by atoms with Crippen molar-refractivity contribution in [3.63, 3.8) is 0 Å². The van der Waals surface area contributed by atoms with Gasteiger partial charge in [-0.05, 0) is 25.7 Å². The van der Waals surface area contributed by atoms with Gasteiger partial charge in [0, 0.05) is 0 Å². The van der Waals surface area contributed by atoms with Gasteiger partial charge in [0.1, 0.15) is 0 Å². The molecule has 2 saturated carbocycles. The van der Waals surface area contributed by atoms with E-state index in [0.717, 1.165) is 11.6 Å². The Hall–Kier alpha value is -1.02. The van der Waals surface area contributed by atoms with E-state index in [0.29, 0.717) is 6.71 Å². The van der Waals surface area contributed by atoms with Gasteiger partial charge in [-0.2, -0.15) is 5.56 Å². The maximum Gasteiger partial charge on any atom is 0.0786 e. The lowest BCUT2D eigenvalue weighted by atomic mass is 9.30. The van der Waals surface area contributed by atoms with Crippen LogP contribution < -0.4 is 0 Å². The topological polar surface area (TPSA) is 0 Å². The van der Waals surface area contributed by atoms with E-state index in [1.54, 1.807) is 0 Å². The fourth-order valence-corrected chi connectivity index (χ4v) is 7.03. The predicted molar refractivity (Wildman–Crippen MR) is 173 cm³/mol. The first-order valence-electron chi connectivity index (χ1n) is 17.2. The third kappa shape index (κ3) is 12.9. The van der Waals surface area contributed by atoms with Crippen molar-refractivity contribution in [1.82, 2.24) is 0 Å². The molecule has 0 atom stereocenters. The Morgan fingerprint density at radius 2 is 1.03 bits per heavy atom. The molecule has 0 radical (unpaired) electrons. The number of rotatable bonds is 16. The van der Waals surface area contributed by atoms with Crippen molar-refractivity contribution in [3.05, 3.63) is 41.9 Å². The van der Waals surface area contributed by atoms with E-state index in [9.17, 15) is 0 Å². The van der Waals surface area contributed by atoms with Crippen molar-refractivity contribution in [1.29, 1.82) is 0 Å². The maximum atomic E-state index is 3.85. The molecule has 216 valence electrons. The minimum Gasteiger partial charge on any atom is -0.324 e. The summed E-state index contributed by atoms with van der Waals surface area (Å²) in [7, 11) is 0. The molecule has 1 aromatic rings. The predicted octanol–water partition coefficient (Wildman–Crippen LogP) is 11.2. The van der Waals surface area contributed by atoms with Crippen LogP contribution in [0.25, 0.3) is 6.08 Å². The lowest BCUT2D eigenvalue weighted by Gasteiger charge is -2.39. The third-order valence-electron chi connectivity index (χ3n) is 9.50. The molecule has 0 amide bonds. The molecule has 0 spiro atoms. The first-order chi connectivity index (χ1) is 18.7. The quantitative estimate of drug-likeness (QED) is 0.115. The van der Waals surface area contributed by atoms with Crippen molar-refractivity contribution < 1.29 is 4.48 Å². The molecule has 0 heterocycles. The zero-order valence-electron chi connectivity index (χ0n) is 26.2. The minimum atomic E-state index is 0.714. The molecular weight excluding hydrogens is 457 g/mol. The summed E-state index contributed by atoms with van der Waals surface area (Å²) in [6.45, 7) is 15.7. The highest BCUT2D eigenvalue weighted by Crippen LogP contribution is 2.41. The van der Waals surface area contributed by atoms with E-state index >= 15 is 0 Å². The molecule has 2 aliphatic rings. The monoisotopic (exact) mass is 522 g/mol. The standard InChI is InChI=1S/C20H28B.C16H36N/c1-4-10-18(11-5-1)16-17-21(19-12-6-2-7-13-19)20-14-8-3-9-15-20;1-5-9-13-17(14-10-6-2,15-11-7-3)16-12-8-4/h1,4-5,10-11,16,19-20H,2-3,6-9,12-15H2;5-16H2,1-4H3/q-1;+1.